The maximum absolute atomic E-state index is 12.5. The molecule has 0 unspecified atom stereocenters. The summed E-state index contributed by atoms with van der Waals surface area (Å²) in [6, 6.07) is 15.4. The van der Waals surface area contributed by atoms with Crippen molar-refractivity contribution in [2.75, 3.05) is 13.6 Å². The second kappa shape index (κ2) is 6.44. The lowest BCUT2D eigenvalue weighted by Gasteiger charge is -2.17. The molecular formula is C18H18N4O. The predicted octanol–water partition coefficient (Wildman–Crippen LogP) is 3.13. The van der Waals surface area contributed by atoms with Crippen molar-refractivity contribution in [2.24, 2.45) is 0 Å². The highest BCUT2D eigenvalue weighted by atomic mass is 16.2. The van der Waals surface area contributed by atoms with Gasteiger partial charge in [-0.25, -0.2) is 0 Å². The van der Waals surface area contributed by atoms with E-state index in [1.165, 1.54) is 0 Å². The average Bonchev–Trinajstić information content (AvgIpc) is 3.02. The van der Waals surface area contributed by atoms with E-state index in [2.05, 4.69) is 21.5 Å². The number of carbonyl (C=O) groups excluding carboxylic acids is 1. The van der Waals surface area contributed by atoms with Crippen molar-refractivity contribution in [1.82, 2.24) is 20.3 Å². The number of nitrogens with one attached hydrogen (secondary N) is 1. The van der Waals surface area contributed by atoms with Crippen molar-refractivity contribution in [3.63, 3.8) is 0 Å². The van der Waals surface area contributed by atoms with Gasteiger partial charge in [-0.15, -0.1) is 0 Å². The number of fused-ring (bicyclic) bond motifs is 1. The molecule has 3 aromatic rings. The Bertz CT molecular complexity index is 852. The van der Waals surface area contributed by atoms with E-state index in [9.17, 15) is 4.79 Å². The van der Waals surface area contributed by atoms with Crippen molar-refractivity contribution in [3.05, 3.63) is 65.2 Å². The molecule has 5 heteroatoms. The van der Waals surface area contributed by atoms with Crippen LogP contribution in [0.3, 0.4) is 0 Å². The number of rotatable bonds is 4. The molecule has 0 bridgehead atoms. The van der Waals surface area contributed by atoms with Crippen LogP contribution < -0.4 is 0 Å². The van der Waals surface area contributed by atoms with Crippen molar-refractivity contribution < 1.29 is 4.79 Å². The van der Waals surface area contributed by atoms with Gasteiger partial charge in [0.05, 0.1) is 0 Å². The highest BCUT2D eigenvalue weighted by Crippen LogP contribution is 2.13. The van der Waals surface area contributed by atoms with Crippen molar-refractivity contribution >= 4 is 23.0 Å². The fourth-order valence-corrected chi connectivity index (χ4v) is 2.52. The average molecular weight is 306 g/mol. The van der Waals surface area contributed by atoms with Crippen LogP contribution in [0.2, 0.25) is 0 Å². The van der Waals surface area contributed by atoms with Gasteiger partial charge in [0.2, 0.25) is 0 Å². The molecule has 0 aliphatic heterocycles. The minimum Gasteiger partial charge on any atom is -0.338 e. The first kappa shape index (κ1) is 15.0. The van der Waals surface area contributed by atoms with E-state index >= 15 is 0 Å². The van der Waals surface area contributed by atoms with E-state index in [4.69, 9.17) is 0 Å². The van der Waals surface area contributed by atoms with E-state index in [-0.39, 0.29) is 5.91 Å². The monoisotopic (exact) mass is 306 g/mol. The molecule has 0 fully saturated rings. The molecule has 116 valence electrons. The van der Waals surface area contributed by atoms with E-state index in [0.29, 0.717) is 17.6 Å². The largest absolute Gasteiger partial charge is 0.338 e. The molecule has 0 spiro atoms. The lowest BCUT2D eigenvalue weighted by molar-refractivity contribution is 0.0807. The third-order valence-corrected chi connectivity index (χ3v) is 3.61. The van der Waals surface area contributed by atoms with Crippen LogP contribution in [0.15, 0.2) is 54.1 Å². The second-order valence-corrected chi connectivity index (χ2v) is 5.59. The molecule has 1 amide bonds. The Labute approximate surface area is 134 Å². The van der Waals surface area contributed by atoms with Gasteiger partial charge < -0.3 is 4.90 Å². The molecule has 2 aromatic carbocycles. The first-order valence-corrected chi connectivity index (χ1v) is 7.42. The van der Waals surface area contributed by atoms with E-state index in [1.54, 1.807) is 30.1 Å². The predicted molar refractivity (Wildman–Crippen MR) is 90.9 cm³/mol. The number of H-pyrrole nitrogens is 1. The van der Waals surface area contributed by atoms with Gasteiger partial charge in [0.25, 0.3) is 5.91 Å². The smallest absolute Gasteiger partial charge is 0.253 e. The number of benzene rings is 2. The van der Waals surface area contributed by atoms with Crippen molar-refractivity contribution in [3.8, 4) is 0 Å². The van der Waals surface area contributed by atoms with Gasteiger partial charge in [-0.2, -0.15) is 15.4 Å². The number of hydrogen-bond donors (Lipinski definition) is 1. The Balaban J connectivity index is 1.73. The van der Waals surface area contributed by atoms with Crippen LogP contribution in [0.5, 0.6) is 0 Å². The summed E-state index contributed by atoms with van der Waals surface area (Å²) in [5.74, 6) is -0.0317. The zero-order chi connectivity index (χ0) is 16.2. The van der Waals surface area contributed by atoms with Gasteiger partial charge in [-0.3, -0.25) is 4.79 Å². The SMILES string of the molecule is CC(=Cc1ccccc1)CN(C)C(=O)c1ccc2n[nH]nc2c1. The molecule has 0 saturated carbocycles. The van der Waals surface area contributed by atoms with Gasteiger partial charge >= 0.3 is 0 Å². The minimum atomic E-state index is -0.0317. The number of aromatic amines is 1. The summed E-state index contributed by atoms with van der Waals surface area (Å²) < 4.78 is 0. The summed E-state index contributed by atoms with van der Waals surface area (Å²) >= 11 is 0. The summed E-state index contributed by atoms with van der Waals surface area (Å²) in [6.45, 7) is 2.60. The molecule has 23 heavy (non-hydrogen) atoms. The Morgan fingerprint density at radius 3 is 2.65 bits per heavy atom. The van der Waals surface area contributed by atoms with Crippen LogP contribution in [0.1, 0.15) is 22.8 Å². The second-order valence-electron chi connectivity index (χ2n) is 5.59. The molecule has 0 aliphatic carbocycles. The fraction of sp³-hybridized carbons (Fsp3) is 0.167. The first-order valence-electron chi connectivity index (χ1n) is 7.42. The Hall–Kier alpha value is -2.95. The molecule has 0 aliphatic rings. The summed E-state index contributed by atoms with van der Waals surface area (Å²) in [6.07, 6.45) is 2.09. The summed E-state index contributed by atoms with van der Waals surface area (Å²) in [5, 5.41) is 10.6. The molecule has 1 aromatic heterocycles. The number of nitrogens with zero attached hydrogens (tertiary/aromatic N) is 3. The summed E-state index contributed by atoms with van der Waals surface area (Å²) in [4.78, 5) is 14.2. The van der Waals surface area contributed by atoms with Crippen LogP contribution in [-0.2, 0) is 0 Å². The highest BCUT2D eigenvalue weighted by molar-refractivity contribution is 5.97. The van der Waals surface area contributed by atoms with Gasteiger partial charge in [0.1, 0.15) is 11.0 Å². The van der Waals surface area contributed by atoms with Crippen LogP contribution in [0, 0.1) is 0 Å². The van der Waals surface area contributed by atoms with Gasteiger partial charge in [-0.1, -0.05) is 42.0 Å². The first-order chi connectivity index (χ1) is 11.1. The molecule has 3 rings (SSSR count). The molecule has 5 nitrogen and oxygen atoms in total. The number of aromatic nitrogens is 3. The summed E-state index contributed by atoms with van der Waals surface area (Å²) in [7, 11) is 1.80. The third kappa shape index (κ3) is 3.45. The van der Waals surface area contributed by atoms with E-state index in [1.807, 2.05) is 37.3 Å². The third-order valence-electron chi connectivity index (χ3n) is 3.61. The fourth-order valence-electron chi connectivity index (χ4n) is 2.52. The quantitative estimate of drug-likeness (QED) is 0.805. The van der Waals surface area contributed by atoms with Crippen molar-refractivity contribution in [2.45, 2.75) is 6.92 Å². The Morgan fingerprint density at radius 2 is 1.87 bits per heavy atom. The standard InChI is InChI=1S/C18H18N4O/c1-13(10-14-6-4-3-5-7-14)12-22(2)18(23)15-8-9-16-17(11-15)20-21-19-16/h3-11H,12H2,1-2H3,(H,19,20,21). The Morgan fingerprint density at radius 1 is 1.13 bits per heavy atom. The van der Waals surface area contributed by atoms with Gasteiger partial charge in [0, 0.05) is 19.2 Å². The van der Waals surface area contributed by atoms with Crippen molar-refractivity contribution in [1.29, 1.82) is 0 Å². The van der Waals surface area contributed by atoms with Crippen LogP contribution in [0.4, 0.5) is 0 Å². The van der Waals surface area contributed by atoms with Crippen LogP contribution in [-0.4, -0.2) is 39.8 Å². The van der Waals surface area contributed by atoms with E-state index in [0.717, 1.165) is 16.7 Å². The minimum absolute atomic E-state index is 0.0317. The number of likely N-dealkylation sites (N-methyl/N-ethyl adjacent to an activating group) is 1. The van der Waals surface area contributed by atoms with Gasteiger partial charge in [-0.05, 0) is 30.7 Å². The maximum atomic E-state index is 12.5. The lowest BCUT2D eigenvalue weighted by atomic mass is 10.1. The molecule has 0 atom stereocenters. The summed E-state index contributed by atoms with van der Waals surface area (Å²) in [5.41, 5.74) is 4.32. The van der Waals surface area contributed by atoms with E-state index < -0.39 is 0 Å². The molecule has 1 heterocycles. The molecule has 0 saturated heterocycles. The molecular weight excluding hydrogens is 288 g/mol. The number of hydrogen-bond acceptors (Lipinski definition) is 3. The number of amides is 1. The number of carbonyl (C=O) groups is 1. The van der Waals surface area contributed by atoms with Crippen LogP contribution in [0.25, 0.3) is 17.1 Å². The lowest BCUT2D eigenvalue weighted by Crippen LogP contribution is -2.28. The zero-order valence-electron chi connectivity index (χ0n) is 13.2. The highest BCUT2D eigenvalue weighted by Gasteiger charge is 2.13. The van der Waals surface area contributed by atoms with Gasteiger partial charge in [0.15, 0.2) is 0 Å². The maximum Gasteiger partial charge on any atom is 0.253 e. The zero-order valence-corrected chi connectivity index (χ0v) is 13.2. The topological polar surface area (TPSA) is 61.9 Å². The van der Waals surface area contributed by atoms with Crippen LogP contribution >= 0.6 is 0 Å². The molecule has 0 radical (unpaired) electrons. The molecule has 1 N–H and O–H groups in total. The Kier molecular flexibility index (Phi) is 4.19. The normalized spacial score (nSPS) is 11.7.